The number of rotatable bonds is 2. The average Bonchev–Trinajstić information content (AvgIpc) is 2.21. The summed E-state index contributed by atoms with van der Waals surface area (Å²) in [6, 6.07) is 2.38. The van der Waals surface area contributed by atoms with Crippen molar-refractivity contribution >= 4 is 0 Å². The van der Waals surface area contributed by atoms with E-state index in [0.717, 1.165) is 24.7 Å². The average molecular weight is 195 g/mol. The zero-order chi connectivity index (χ0) is 11.0. The molecular formula is C13H25N. The Morgan fingerprint density at radius 1 is 1.14 bits per heavy atom. The molecule has 1 fully saturated rings. The standard InChI is InChI=1S/C11H19N.C2H6/c1-9(2)7-10-3-5-11(8-12)6-4-10;1-2/h9-11H,3-7H2,1-2H3;1-2H3. The van der Waals surface area contributed by atoms with E-state index < -0.39 is 0 Å². The van der Waals surface area contributed by atoms with Crippen molar-refractivity contribution in [3.8, 4) is 6.07 Å². The minimum atomic E-state index is 0.369. The van der Waals surface area contributed by atoms with Crippen LogP contribution < -0.4 is 0 Å². The van der Waals surface area contributed by atoms with Crippen molar-refractivity contribution in [3.63, 3.8) is 0 Å². The molecule has 0 N–H and O–H groups in total. The molecule has 1 aliphatic rings. The molecule has 0 unspecified atom stereocenters. The molecule has 0 atom stereocenters. The lowest BCUT2D eigenvalue weighted by atomic mass is 9.79. The van der Waals surface area contributed by atoms with Crippen molar-refractivity contribution in [1.82, 2.24) is 0 Å². The Kier molecular flexibility index (Phi) is 7.57. The minimum Gasteiger partial charge on any atom is -0.198 e. The predicted molar refractivity (Wildman–Crippen MR) is 61.9 cm³/mol. The largest absolute Gasteiger partial charge is 0.198 e. The van der Waals surface area contributed by atoms with Crippen molar-refractivity contribution in [2.45, 2.75) is 59.8 Å². The first kappa shape index (κ1) is 13.5. The summed E-state index contributed by atoms with van der Waals surface area (Å²) in [4.78, 5) is 0. The third-order valence-electron chi connectivity index (χ3n) is 2.83. The first-order valence-electron chi connectivity index (χ1n) is 6.12. The molecule has 1 nitrogen and oxygen atoms in total. The summed E-state index contributed by atoms with van der Waals surface area (Å²) in [5, 5.41) is 8.71. The van der Waals surface area contributed by atoms with Crippen LogP contribution in [0.1, 0.15) is 59.8 Å². The molecule has 1 heteroatoms. The van der Waals surface area contributed by atoms with E-state index in [1.807, 2.05) is 13.8 Å². The maximum absolute atomic E-state index is 8.71. The molecule has 0 amide bonds. The van der Waals surface area contributed by atoms with Gasteiger partial charge in [-0.25, -0.2) is 0 Å². The highest BCUT2D eigenvalue weighted by Gasteiger charge is 2.20. The summed E-state index contributed by atoms with van der Waals surface area (Å²) < 4.78 is 0. The van der Waals surface area contributed by atoms with E-state index in [9.17, 15) is 0 Å². The Hall–Kier alpha value is -0.510. The van der Waals surface area contributed by atoms with Crippen LogP contribution in [0, 0.1) is 29.1 Å². The Morgan fingerprint density at radius 3 is 2.00 bits per heavy atom. The van der Waals surface area contributed by atoms with Gasteiger partial charge in [0.15, 0.2) is 0 Å². The van der Waals surface area contributed by atoms with Crippen LogP contribution in [0.3, 0.4) is 0 Å². The van der Waals surface area contributed by atoms with Gasteiger partial charge in [-0.1, -0.05) is 27.7 Å². The summed E-state index contributed by atoms with van der Waals surface area (Å²) in [7, 11) is 0. The quantitative estimate of drug-likeness (QED) is 0.641. The maximum Gasteiger partial charge on any atom is 0.0655 e. The highest BCUT2D eigenvalue weighted by molar-refractivity contribution is 4.87. The summed E-state index contributed by atoms with van der Waals surface area (Å²) in [5.41, 5.74) is 0. The lowest BCUT2D eigenvalue weighted by Crippen LogP contribution is -2.14. The summed E-state index contributed by atoms with van der Waals surface area (Å²) in [6.45, 7) is 8.58. The predicted octanol–water partition coefficient (Wildman–Crippen LogP) is 4.39. The number of nitrogens with zero attached hydrogens (tertiary/aromatic N) is 1. The molecule has 0 aromatic heterocycles. The molecular weight excluding hydrogens is 170 g/mol. The third-order valence-corrected chi connectivity index (χ3v) is 2.83. The van der Waals surface area contributed by atoms with E-state index in [1.165, 1.54) is 19.3 Å². The van der Waals surface area contributed by atoms with Gasteiger partial charge in [0.1, 0.15) is 0 Å². The molecule has 0 radical (unpaired) electrons. The zero-order valence-electron chi connectivity index (χ0n) is 10.2. The van der Waals surface area contributed by atoms with Gasteiger partial charge in [0.05, 0.1) is 6.07 Å². The molecule has 14 heavy (non-hydrogen) atoms. The Balaban J connectivity index is 0.000000791. The van der Waals surface area contributed by atoms with Crippen molar-refractivity contribution in [3.05, 3.63) is 0 Å². The maximum atomic E-state index is 8.71. The second-order valence-corrected chi connectivity index (χ2v) is 4.48. The van der Waals surface area contributed by atoms with Crippen LogP contribution >= 0.6 is 0 Å². The van der Waals surface area contributed by atoms with Crippen LogP contribution in [-0.4, -0.2) is 0 Å². The van der Waals surface area contributed by atoms with E-state index in [-0.39, 0.29) is 0 Å². The molecule has 0 spiro atoms. The van der Waals surface area contributed by atoms with Crippen molar-refractivity contribution in [2.24, 2.45) is 17.8 Å². The Labute approximate surface area is 89.5 Å². The lowest BCUT2D eigenvalue weighted by molar-refractivity contribution is 0.274. The Morgan fingerprint density at radius 2 is 1.64 bits per heavy atom. The molecule has 0 heterocycles. The fraction of sp³-hybridized carbons (Fsp3) is 0.923. The van der Waals surface area contributed by atoms with Gasteiger partial charge < -0.3 is 0 Å². The van der Waals surface area contributed by atoms with E-state index in [4.69, 9.17) is 5.26 Å². The highest BCUT2D eigenvalue weighted by Crippen LogP contribution is 2.31. The molecule has 1 saturated carbocycles. The summed E-state index contributed by atoms with van der Waals surface area (Å²) >= 11 is 0. The fourth-order valence-electron chi connectivity index (χ4n) is 2.19. The lowest BCUT2D eigenvalue weighted by Gasteiger charge is -2.25. The van der Waals surface area contributed by atoms with E-state index in [2.05, 4.69) is 19.9 Å². The van der Waals surface area contributed by atoms with Gasteiger partial charge in [-0.05, 0) is 43.9 Å². The van der Waals surface area contributed by atoms with Gasteiger partial charge in [0, 0.05) is 5.92 Å². The highest BCUT2D eigenvalue weighted by atomic mass is 14.3. The fourth-order valence-corrected chi connectivity index (χ4v) is 2.19. The number of hydrogen-bond acceptors (Lipinski definition) is 1. The first-order chi connectivity index (χ1) is 6.72. The molecule has 1 rings (SSSR count). The molecule has 0 aliphatic heterocycles. The van der Waals surface area contributed by atoms with Gasteiger partial charge >= 0.3 is 0 Å². The zero-order valence-corrected chi connectivity index (χ0v) is 10.2. The SMILES string of the molecule is CC.CC(C)CC1CCC(C#N)CC1. The molecule has 0 aromatic carbocycles. The van der Waals surface area contributed by atoms with Gasteiger partial charge in [0.25, 0.3) is 0 Å². The Bertz CT molecular complexity index is 159. The monoisotopic (exact) mass is 195 g/mol. The van der Waals surface area contributed by atoms with Gasteiger partial charge in [-0.15, -0.1) is 0 Å². The van der Waals surface area contributed by atoms with E-state index >= 15 is 0 Å². The van der Waals surface area contributed by atoms with Crippen LogP contribution in [0.5, 0.6) is 0 Å². The van der Waals surface area contributed by atoms with Crippen LogP contribution in [-0.2, 0) is 0 Å². The second kappa shape index (κ2) is 7.85. The molecule has 0 saturated heterocycles. The second-order valence-electron chi connectivity index (χ2n) is 4.48. The van der Waals surface area contributed by atoms with Crippen molar-refractivity contribution < 1.29 is 0 Å². The topological polar surface area (TPSA) is 23.8 Å². The van der Waals surface area contributed by atoms with Crippen LogP contribution in [0.15, 0.2) is 0 Å². The van der Waals surface area contributed by atoms with Gasteiger partial charge in [-0.2, -0.15) is 5.26 Å². The molecule has 82 valence electrons. The van der Waals surface area contributed by atoms with Gasteiger partial charge in [0.2, 0.25) is 0 Å². The van der Waals surface area contributed by atoms with Gasteiger partial charge in [-0.3, -0.25) is 0 Å². The van der Waals surface area contributed by atoms with E-state index in [0.29, 0.717) is 5.92 Å². The first-order valence-corrected chi connectivity index (χ1v) is 6.12. The van der Waals surface area contributed by atoms with Crippen LogP contribution in [0.4, 0.5) is 0 Å². The third kappa shape index (κ3) is 5.27. The summed E-state index contributed by atoms with van der Waals surface area (Å²) in [6.07, 6.45) is 6.23. The van der Waals surface area contributed by atoms with Crippen molar-refractivity contribution in [1.29, 1.82) is 5.26 Å². The molecule has 0 aromatic rings. The minimum absolute atomic E-state index is 0.369. The summed E-state index contributed by atoms with van der Waals surface area (Å²) in [5.74, 6) is 2.11. The molecule has 1 aliphatic carbocycles. The normalized spacial score (nSPS) is 26.3. The van der Waals surface area contributed by atoms with E-state index in [1.54, 1.807) is 0 Å². The number of hydrogen-bond donors (Lipinski definition) is 0. The van der Waals surface area contributed by atoms with Crippen LogP contribution in [0.2, 0.25) is 0 Å². The number of nitriles is 1. The van der Waals surface area contributed by atoms with Crippen molar-refractivity contribution in [2.75, 3.05) is 0 Å². The van der Waals surface area contributed by atoms with Crippen LogP contribution in [0.25, 0.3) is 0 Å². The smallest absolute Gasteiger partial charge is 0.0655 e. The molecule has 0 bridgehead atoms.